The van der Waals surface area contributed by atoms with Crippen LogP contribution in [-0.2, 0) is 0 Å². The summed E-state index contributed by atoms with van der Waals surface area (Å²) in [4.78, 5) is 1.35. The summed E-state index contributed by atoms with van der Waals surface area (Å²) in [6.07, 6.45) is 0. The van der Waals surface area contributed by atoms with Gasteiger partial charge in [-0.15, -0.1) is 11.8 Å². The first-order valence-electron chi connectivity index (χ1n) is 5.12. The molecule has 0 saturated carbocycles. The first-order valence-corrected chi connectivity index (χ1v) is 7.26. The van der Waals surface area contributed by atoms with E-state index in [9.17, 15) is 0 Å². The van der Waals surface area contributed by atoms with Crippen molar-refractivity contribution >= 4 is 23.5 Å². The molecule has 1 aromatic carbocycles. The number of hydrogen-bond donors (Lipinski definition) is 1. The topological polar surface area (TPSA) is 26.0 Å². The van der Waals surface area contributed by atoms with Crippen molar-refractivity contribution in [3.05, 3.63) is 30.3 Å². The van der Waals surface area contributed by atoms with E-state index in [-0.39, 0.29) is 5.54 Å². The minimum Gasteiger partial charge on any atom is -0.325 e. The van der Waals surface area contributed by atoms with Gasteiger partial charge in [-0.1, -0.05) is 18.2 Å². The van der Waals surface area contributed by atoms with E-state index in [0.29, 0.717) is 0 Å². The minimum absolute atomic E-state index is 0.0396. The zero-order valence-corrected chi connectivity index (χ0v) is 11.0. The van der Waals surface area contributed by atoms with Gasteiger partial charge in [0.15, 0.2) is 0 Å². The largest absolute Gasteiger partial charge is 0.325 e. The molecule has 0 amide bonds. The predicted octanol–water partition coefficient (Wildman–Crippen LogP) is 3.25. The highest BCUT2D eigenvalue weighted by molar-refractivity contribution is 8.03. The third kappa shape index (κ3) is 6.88. The van der Waals surface area contributed by atoms with Crippen molar-refractivity contribution in [2.75, 3.05) is 17.3 Å². The summed E-state index contributed by atoms with van der Waals surface area (Å²) in [6.45, 7) is 4.15. The molecule has 0 radical (unpaired) electrons. The molecule has 84 valence electrons. The number of benzene rings is 1. The maximum absolute atomic E-state index is 5.90. The minimum atomic E-state index is -0.0396. The Labute approximate surface area is 101 Å². The van der Waals surface area contributed by atoms with E-state index in [0.717, 1.165) is 11.5 Å². The predicted molar refractivity (Wildman–Crippen MR) is 72.8 cm³/mol. The van der Waals surface area contributed by atoms with E-state index in [1.807, 2.05) is 23.5 Å². The van der Waals surface area contributed by atoms with Gasteiger partial charge < -0.3 is 5.73 Å². The summed E-state index contributed by atoms with van der Waals surface area (Å²) in [5, 5.41) is 0. The molecule has 0 aromatic heterocycles. The lowest BCUT2D eigenvalue weighted by Gasteiger charge is -2.17. The lowest BCUT2D eigenvalue weighted by atomic mass is 10.1. The lowest BCUT2D eigenvalue weighted by Crippen LogP contribution is -2.34. The van der Waals surface area contributed by atoms with Gasteiger partial charge in [0.05, 0.1) is 0 Å². The average molecular weight is 241 g/mol. The highest BCUT2D eigenvalue weighted by atomic mass is 32.2. The summed E-state index contributed by atoms with van der Waals surface area (Å²) in [6, 6.07) is 10.5. The molecule has 0 aliphatic heterocycles. The normalized spacial score (nSPS) is 11.7. The number of rotatable bonds is 6. The highest BCUT2D eigenvalue weighted by Gasteiger charge is 2.09. The van der Waals surface area contributed by atoms with Gasteiger partial charge in [0.25, 0.3) is 0 Å². The Morgan fingerprint density at radius 1 is 1.13 bits per heavy atom. The second kappa shape index (κ2) is 6.46. The van der Waals surface area contributed by atoms with Gasteiger partial charge in [0, 0.05) is 27.7 Å². The van der Waals surface area contributed by atoms with Crippen LogP contribution in [0.4, 0.5) is 0 Å². The molecular weight excluding hydrogens is 222 g/mol. The Hall–Kier alpha value is -0.120. The molecule has 0 atom stereocenters. The van der Waals surface area contributed by atoms with E-state index in [2.05, 4.69) is 44.2 Å². The molecule has 0 fully saturated rings. The van der Waals surface area contributed by atoms with Crippen molar-refractivity contribution in [1.29, 1.82) is 0 Å². The molecule has 1 rings (SSSR count). The van der Waals surface area contributed by atoms with E-state index >= 15 is 0 Å². The molecule has 15 heavy (non-hydrogen) atoms. The molecule has 0 spiro atoms. The van der Waals surface area contributed by atoms with Crippen LogP contribution in [0.1, 0.15) is 13.8 Å². The Morgan fingerprint density at radius 3 is 2.40 bits per heavy atom. The van der Waals surface area contributed by atoms with Crippen molar-refractivity contribution in [3.63, 3.8) is 0 Å². The van der Waals surface area contributed by atoms with Crippen LogP contribution in [0, 0.1) is 0 Å². The maximum atomic E-state index is 5.90. The summed E-state index contributed by atoms with van der Waals surface area (Å²) >= 11 is 3.84. The van der Waals surface area contributed by atoms with E-state index in [1.54, 1.807) is 0 Å². The van der Waals surface area contributed by atoms with Gasteiger partial charge in [0.1, 0.15) is 0 Å². The van der Waals surface area contributed by atoms with Crippen LogP contribution in [0.2, 0.25) is 0 Å². The SMILES string of the molecule is CC(C)(N)CSCCSc1ccccc1. The fraction of sp³-hybridized carbons (Fsp3) is 0.500. The lowest BCUT2D eigenvalue weighted by molar-refractivity contribution is 0.591. The number of hydrogen-bond acceptors (Lipinski definition) is 3. The van der Waals surface area contributed by atoms with Crippen LogP contribution >= 0.6 is 23.5 Å². The van der Waals surface area contributed by atoms with Crippen LogP contribution in [0.5, 0.6) is 0 Å². The maximum Gasteiger partial charge on any atom is 0.0188 e. The summed E-state index contributed by atoms with van der Waals surface area (Å²) in [7, 11) is 0. The first kappa shape index (κ1) is 12.9. The molecule has 0 heterocycles. The fourth-order valence-electron chi connectivity index (χ4n) is 1.07. The number of nitrogens with two attached hydrogens (primary N) is 1. The average Bonchev–Trinajstić information content (AvgIpc) is 2.17. The molecule has 3 heteroatoms. The van der Waals surface area contributed by atoms with Gasteiger partial charge in [-0.05, 0) is 26.0 Å². The summed E-state index contributed by atoms with van der Waals surface area (Å²) < 4.78 is 0. The van der Waals surface area contributed by atoms with Crippen LogP contribution < -0.4 is 5.73 Å². The molecule has 0 unspecified atom stereocenters. The molecule has 2 N–H and O–H groups in total. The molecule has 1 nitrogen and oxygen atoms in total. The molecule has 0 aliphatic carbocycles. The van der Waals surface area contributed by atoms with E-state index < -0.39 is 0 Å². The van der Waals surface area contributed by atoms with Gasteiger partial charge in [-0.2, -0.15) is 11.8 Å². The summed E-state index contributed by atoms with van der Waals surface area (Å²) in [5.41, 5.74) is 5.86. The second-order valence-electron chi connectivity index (χ2n) is 4.20. The van der Waals surface area contributed by atoms with Gasteiger partial charge in [-0.3, -0.25) is 0 Å². The van der Waals surface area contributed by atoms with Gasteiger partial charge in [-0.25, -0.2) is 0 Å². The molecule has 0 aliphatic rings. The van der Waals surface area contributed by atoms with Gasteiger partial charge in [0.2, 0.25) is 0 Å². The highest BCUT2D eigenvalue weighted by Crippen LogP contribution is 2.19. The second-order valence-corrected chi connectivity index (χ2v) is 6.48. The van der Waals surface area contributed by atoms with Crippen LogP contribution in [0.15, 0.2) is 35.2 Å². The van der Waals surface area contributed by atoms with Crippen molar-refractivity contribution in [1.82, 2.24) is 0 Å². The van der Waals surface area contributed by atoms with Crippen LogP contribution in [-0.4, -0.2) is 22.8 Å². The molecular formula is C12H19NS2. The Balaban J connectivity index is 2.08. The zero-order chi connectivity index (χ0) is 11.1. The third-order valence-corrected chi connectivity index (χ3v) is 4.43. The third-order valence-electron chi connectivity index (χ3n) is 1.71. The van der Waals surface area contributed by atoms with Crippen molar-refractivity contribution in [2.45, 2.75) is 24.3 Å². The quantitative estimate of drug-likeness (QED) is 0.611. The Bertz CT molecular complexity index is 267. The number of thioether (sulfide) groups is 2. The van der Waals surface area contributed by atoms with Crippen LogP contribution in [0.25, 0.3) is 0 Å². The molecule has 1 aromatic rings. The van der Waals surface area contributed by atoms with Crippen LogP contribution in [0.3, 0.4) is 0 Å². The monoisotopic (exact) mass is 241 g/mol. The van der Waals surface area contributed by atoms with Gasteiger partial charge >= 0.3 is 0 Å². The van der Waals surface area contributed by atoms with E-state index in [4.69, 9.17) is 5.73 Å². The summed E-state index contributed by atoms with van der Waals surface area (Å²) in [5.74, 6) is 3.35. The van der Waals surface area contributed by atoms with Crippen molar-refractivity contribution in [2.24, 2.45) is 5.73 Å². The first-order chi connectivity index (χ1) is 7.08. The Morgan fingerprint density at radius 2 is 1.80 bits per heavy atom. The smallest absolute Gasteiger partial charge is 0.0188 e. The standard InChI is InChI=1S/C12H19NS2/c1-12(2,13)10-14-8-9-15-11-6-4-3-5-7-11/h3-7H,8-10,13H2,1-2H3. The van der Waals surface area contributed by atoms with Crippen molar-refractivity contribution < 1.29 is 0 Å². The Kier molecular flexibility index (Phi) is 5.58. The molecule has 0 saturated heterocycles. The van der Waals surface area contributed by atoms with E-state index in [1.165, 1.54) is 10.6 Å². The molecule has 0 bridgehead atoms. The van der Waals surface area contributed by atoms with Crippen molar-refractivity contribution in [3.8, 4) is 0 Å². The zero-order valence-electron chi connectivity index (χ0n) is 9.40. The fourth-order valence-corrected chi connectivity index (χ4v) is 3.13.